The minimum atomic E-state index is 0.0779. The van der Waals surface area contributed by atoms with E-state index in [1.165, 1.54) is 0 Å². The zero-order valence-electron chi connectivity index (χ0n) is 21.8. The Morgan fingerprint density at radius 2 is 1.11 bits per heavy atom. The van der Waals surface area contributed by atoms with Gasteiger partial charge in [0.1, 0.15) is 11.5 Å². The lowest BCUT2D eigenvalue weighted by molar-refractivity contribution is 0.486. The van der Waals surface area contributed by atoms with Gasteiger partial charge in [-0.05, 0) is 74.7 Å². The van der Waals surface area contributed by atoms with E-state index in [-0.39, 0.29) is 11.5 Å². The van der Waals surface area contributed by atoms with Crippen molar-refractivity contribution in [1.29, 1.82) is 0 Å². The third-order valence-corrected chi connectivity index (χ3v) is 5.89. The molecule has 3 aromatic carbocycles. The molecule has 4 rings (SSSR count). The summed E-state index contributed by atoms with van der Waals surface area (Å²) in [6.07, 6.45) is 12.6. The van der Waals surface area contributed by atoms with Crippen LogP contribution in [-0.2, 0) is 0 Å². The van der Waals surface area contributed by atoms with E-state index in [4.69, 9.17) is 0 Å². The maximum Gasteiger partial charge on any atom is 0.133 e. The number of phenols is 2. The molecule has 190 valence electrons. The predicted molar refractivity (Wildman–Crippen MR) is 156 cm³/mol. The molecule has 0 aliphatic rings. The van der Waals surface area contributed by atoms with E-state index in [1.54, 1.807) is 30.9 Å². The van der Waals surface area contributed by atoms with Crippen LogP contribution in [0.5, 0.6) is 11.5 Å². The van der Waals surface area contributed by atoms with Crippen molar-refractivity contribution in [1.82, 2.24) is 19.9 Å². The highest BCUT2D eigenvalue weighted by atomic mass is 16.3. The summed E-state index contributed by atoms with van der Waals surface area (Å²) in [5, 5.41) is 25.5. The van der Waals surface area contributed by atoms with Gasteiger partial charge >= 0.3 is 0 Å². The predicted octanol–water partition coefficient (Wildman–Crippen LogP) is 5.72. The first-order valence-corrected chi connectivity index (χ1v) is 12.3. The standard InChI is InChI=1S/C32H30N4O2/c1-5-7-10-28-27(6-2)33-17-23-13-21(3)15-25(31(23)37)19-35-29-11-8-9-12-30(29)36-20-26-16-22(4)14-24(18-34-28)32(26)38/h5-6,8-20,37-38H,1,7H2,2-4H3/b27-6+,28-10+,33-17?,34-18?,35-19?,36-20?. The lowest BCUT2D eigenvalue weighted by atomic mass is 10.1. The van der Waals surface area contributed by atoms with Crippen LogP contribution in [0.2, 0.25) is 0 Å². The van der Waals surface area contributed by atoms with Crippen molar-refractivity contribution >= 4 is 44.7 Å². The Balaban J connectivity index is 2.25. The monoisotopic (exact) mass is 502 g/mol. The summed E-state index contributed by atoms with van der Waals surface area (Å²) in [6, 6.07) is 14.9. The first-order valence-electron chi connectivity index (χ1n) is 12.3. The SMILES string of the molecule is C=CC/C=c1/ncc2cc(C)cc(cnc3ccccc3ncc3cc(C)cc(cn/c1=C/C)c3O)c2O. The zero-order chi connectivity index (χ0) is 27.1. The fraction of sp³-hybridized carbons (Fsp3) is 0.125. The third kappa shape index (κ3) is 6.10. The molecule has 0 atom stereocenters. The molecule has 0 amide bonds. The van der Waals surface area contributed by atoms with Crippen molar-refractivity contribution in [2.75, 3.05) is 0 Å². The Bertz CT molecular complexity index is 1830. The summed E-state index contributed by atoms with van der Waals surface area (Å²) in [6.45, 7) is 9.59. The summed E-state index contributed by atoms with van der Waals surface area (Å²) in [5.74, 6) is 0.158. The highest BCUT2D eigenvalue weighted by Crippen LogP contribution is 2.26. The number of benzene rings is 3. The maximum atomic E-state index is 11.0. The number of aryl methyl sites for hydroxylation is 2. The molecule has 0 spiro atoms. The molecule has 4 bridgehead atoms. The normalized spacial score (nSPS) is 11.8. The fourth-order valence-corrected chi connectivity index (χ4v) is 4.01. The van der Waals surface area contributed by atoms with E-state index >= 15 is 0 Å². The minimum Gasteiger partial charge on any atom is -0.507 e. The molecule has 0 saturated carbocycles. The van der Waals surface area contributed by atoms with Crippen LogP contribution in [0.1, 0.15) is 24.5 Å². The van der Waals surface area contributed by atoms with Crippen LogP contribution in [0.3, 0.4) is 0 Å². The highest BCUT2D eigenvalue weighted by molar-refractivity contribution is 5.82. The third-order valence-electron chi connectivity index (χ3n) is 5.89. The molecule has 0 fully saturated rings. The maximum absolute atomic E-state index is 11.0. The van der Waals surface area contributed by atoms with E-state index in [2.05, 4.69) is 26.5 Å². The van der Waals surface area contributed by atoms with Gasteiger partial charge in [0.15, 0.2) is 0 Å². The molecule has 1 aromatic heterocycles. The molecule has 0 aliphatic heterocycles. The highest BCUT2D eigenvalue weighted by Gasteiger charge is 2.01. The van der Waals surface area contributed by atoms with Gasteiger partial charge in [0.2, 0.25) is 0 Å². The number of hydrogen-bond acceptors (Lipinski definition) is 6. The average Bonchev–Trinajstić information content (AvgIpc) is 2.91. The molecule has 0 radical (unpaired) electrons. The molecule has 6 nitrogen and oxygen atoms in total. The number of rotatable bonds is 2. The van der Waals surface area contributed by atoms with E-state index < -0.39 is 0 Å². The summed E-state index contributed by atoms with van der Waals surface area (Å²) < 4.78 is 0. The van der Waals surface area contributed by atoms with Gasteiger partial charge in [-0.3, -0.25) is 19.9 Å². The lowest BCUT2D eigenvalue weighted by Crippen LogP contribution is -2.28. The molecule has 4 aromatic rings. The largest absolute Gasteiger partial charge is 0.507 e. The second-order valence-corrected chi connectivity index (χ2v) is 8.89. The molecule has 0 aliphatic carbocycles. The van der Waals surface area contributed by atoms with Crippen molar-refractivity contribution in [3.63, 3.8) is 0 Å². The second kappa shape index (κ2) is 11.9. The van der Waals surface area contributed by atoms with Gasteiger partial charge in [-0.1, -0.05) is 30.4 Å². The van der Waals surface area contributed by atoms with Crippen molar-refractivity contribution < 1.29 is 10.2 Å². The molecular weight excluding hydrogens is 472 g/mol. The van der Waals surface area contributed by atoms with Gasteiger partial charge < -0.3 is 10.2 Å². The minimum absolute atomic E-state index is 0.0779. The number of fused-ring (bicyclic) bond motifs is 5. The first kappa shape index (κ1) is 26.2. The van der Waals surface area contributed by atoms with Crippen molar-refractivity contribution in [2.45, 2.75) is 27.2 Å². The van der Waals surface area contributed by atoms with Crippen LogP contribution in [0.15, 0.2) is 86.0 Å². The van der Waals surface area contributed by atoms with Crippen molar-refractivity contribution in [3.05, 3.63) is 108 Å². The fourth-order valence-electron chi connectivity index (χ4n) is 4.01. The number of allylic oxidation sites excluding steroid dienone is 1. The summed E-state index contributed by atoms with van der Waals surface area (Å²) >= 11 is 0. The number of aromatic hydroxyl groups is 2. The lowest BCUT2D eigenvalue weighted by Gasteiger charge is -2.00. The average molecular weight is 503 g/mol. The van der Waals surface area contributed by atoms with Gasteiger partial charge in [0.05, 0.1) is 21.7 Å². The Morgan fingerprint density at radius 3 is 1.53 bits per heavy atom. The van der Waals surface area contributed by atoms with Crippen LogP contribution < -0.4 is 10.7 Å². The Morgan fingerprint density at radius 1 is 0.684 bits per heavy atom. The number of aromatic nitrogens is 4. The van der Waals surface area contributed by atoms with Crippen molar-refractivity contribution in [3.8, 4) is 11.5 Å². The number of nitrogens with zero attached hydrogens (tertiary/aromatic N) is 4. The molecular formula is C32H30N4O2. The smallest absolute Gasteiger partial charge is 0.133 e. The number of para-hydroxylation sites is 2. The van der Waals surface area contributed by atoms with Gasteiger partial charge in [-0.15, -0.1) is 6.58 Å². The van der Waals surface area contributed by atoms with Gasteiger partial charge in [-0.25, -0.2) is 0 Å². The molecule has 2 N–H and O–H groups in total. The van der Waals surface area contributed by atoms with Crippen LogP contribution in [-0.4, -0.2) is 30.1 Å². The van der Waals surface area contributed by atoms with E-state index in [1.807, 2.05) is 81.5 Å². The number of phenolic OH excluding ortho intramolecular Hbond substituents is 2. The van der Waals surface area contributed by atoms with Gasteiger partial charge in [-0.2, -0.15) is 0 Å². The molecule has 0 unspecified atom stereocenters. The van der Waals surface area contributed by atoms with Crippen molar-refractivity contribution in [2.24, 2.45) is 0 Å². The van der Waals surface area contributed by atoms with Crippen LogP contribution in [0, 0.1) is 13.8 Å². The van der Waals surface area contributed by atoms with Crippen LogP contribution in [0.25, 0.3) is 44.7 Å². The topological polar surface area (TPSA) is 92.0 Å². The molecule has 1 heterocycles. The Hall–Kier alpha value is -4.84. The quantitative estimate of drug-likeness (QED) is 0.341. The van der Waals surface area contributed by atoms with Gasteiger partial charge in [0.25, 0.3) is 0 Å². The Labute approximate surface area is 221 Å². The molecule has 6 heteroatoms. The molecule has 0 saturated heterocycles. The number of hydrogen-bond donors (Lipinski definition) is 2. The summed E-state index contributed by atoms with van der Waals surface area (Å²) in [4.78, 5) is 18.6. The first-order chi connectivity index (χ1) is 18.4. The second-order valence-electron chi connectivity index (χ2n) is 8.89. The Kier molecular flexibility index (Phi) is 8.23. The summed E-state index contributed by atoms with van der Waals surface area (Å²) in [7, 11) is 0. The van der Waals surface area contributed by atoms with Gasteiger partial charge in [0, 0.05) is 46.3 Å². The van der Waals surface area contributed by atoms with Crippen LogP contribution in [0.4, 0.5) is 0 Å². The molecule has 38 heavy (non-hydrogen) atoms. The van der Waals surface area contributed by atoms with E-state index in [0.29, 0.717) is 49.7 Å². The van der Waals surface area contributed by atoms with Crippen LogP contribution >= 0.6 is 0 Å². The van der Waals surface area contributed by atoms with E-state index in [9.17, 15) is 10.2 Å². The van der Waals surface area contributed by atoms with E-state index in [0.717, 1.165) is 11.1 Å². The summed E-state index contributed by atoms with van der Waals surface area (Å²) in [5.41, 5.74) is 3.17. The zero-order valence-corrected chi connectivity index (χ0v) is 21.8.